The van der Waals surface area contributed by atoms with Crippen molar-refractivity contribution in [3.63, 3.8) is 0 Å². The lowest BCUT2D eigenvalue weighted by Gasteiger charge is -2.38. The third-order valence-electron chi connectivity index (χ3n) is 8.24. The zero-order valence-corrected chi connectivity index (χ0v) is 22.9. The maximum atomic E-state index is 13.6. The molecule has 0 unspecified atom stereocenters. The lowest BCUT2D eigenvalue weighted by Crippen LogP contribution is -2.62. The zero-order valence-electron chi connectivity index (χ0n) is 22.1. The average Bonchev–Trinajstić information content (AvgIpc) is 3.62. The number of nitrogens with one attached hydrogen (secondary N) is 3. The van der Waals surface area contributed by atoms with E-state index >= 15 is 0 Å². The van der Waals surface area contributed by atoms with Gasteiger partial charge in [0.2, 0.25) is 21.8 Å². The highest BCUT2D eigenvalue weighted by Gasteiger charge is 2.62. The van der Waals surface area contributed by atoms with E-state index in [0.29, 0.717) is 45.3 Å². The predicted octanol–water partition coefficient (Wildman–Crippen LogP) is 0.867. The number of carbonyl (C=O) groups excluding carboxylic acids is 4. The Bertz CT molecular complexity index is 1110. The fourth-order valence-electron chi connectivity index (χ4n) is 4.97. The molecule has 2 saturated carbocycles. The normalized spacial score (nSPS) is 29.0. The van der Waals surface area contributed by atoms with Crippen LogP contribution >= 0.6 is 0 Å². The topological polar surface area (TPSA) is 145 Å². The number of urea groups is 1. The maximum Gasteiger partial charge on any atom is 0.318 e. The number of carbonyl (C=O) groups is 4. The van der Waals surface area contributed by atoms with Gasteiger partial charge in [0.25, 0.3) is 5.91 Å². The van der Waals surface area contributed by atoms with Gasteiger partial charge in [0.15, 0.2) is 0 Å². The molecule has 2 heterocycles. The van der Waals surface area contributed by atoms with Crippen LogP contribution in [0.4, 0.5) is 4.79 Å². The highest BCUT2D eigenvalue weighted by atomic mass is 32.2. The molecule has 5 amide bonds. The predicted molar refractivity (Wildman–Crippen MR) is 137 cm³/mol. The first-order valence-electron chi connectivity index (χ1n) is 13.0. The van der Waals surface area contributed by atoms with Crippen molar-refractivity contribution in [3.8, 4) is 0 Å². The molecular formula is C25H39N5O6S. The minimum Gasteiger partial charge on any atom is -0.339 e. The van der Waals surface area contributed by atoms with Crippen molar-refractivity contribution in [1.82, 2.24) is 25.2 Å². The van der Waals surface area contributed by atoms with Crippen molar-refractivity contribution in [2.24, 2.45) is 11.3 Å². The highest BCUT2D eigenvalue weighted by Crippen LogP contribution is 2.47. The Morgan fingerprint density at radius 2 is 1.73 bits per heavy atom. The molecule has 0 aromatic rings. The van der Waals surface area contributed by atoms with Crippen molar-refractivity contribution in [1.29, 1.82) is 0 Å². The van der Waals surface area contributed by atoms with E-state index in [2.05, 4.69) is 21.9 Å². The number of hydrogen-bond acceptors (Lipinski definition) is 6. The highest BCUT2D eigenvalue weighted by molar-refractivity contribution is 7.91. The molecule has 0 aromatic heterocycles. The number of sulfonamides is 1. The van der Waals surface area contributed by atoms with E-state index in [1.807, 2.05) is 20.8 Å². The van der Waals surface area contributed by atoms with Crippen molar-refractivity contribution in [3.05, 3.63) is 12.7 Å². The van der Waals surface area contributed by atoms with Gasteiger partial charge in [-0.15, -0.1) is 6.58 Å². The van der Waals surface area contributed by atoms with Crippen LogP contribution in [0.15, 0.2) is 12.7 Å². The Balaban J connectivity index is 1.47. The molecule has 37 heavy (non-hydrogen) atoms. The third kappa shape index (κ3) is 5.08. The molecule has 0 bridgehead atoms. The van der Waals surface area contributed by atoms with Gasteiger partial charge >= 0.3 is 6.03 Å². The van der Waals surface area contributed by atoms with Crippen molar-refractivity contribution >= 4 is 33.8 Å². The largest absolute Gasteiger partial charge is 0.339 e. The molecule has 4 rings (SSSR count). The van der Waals surface area contributed by atoms with Gasteiger partial charge in [-0.2, -0.15) is 0 Å². The Morgan fingerprint density at radius 3 is 2.22 bits per heavy atom. The molecule has 0 aromatic carbocycles. The second-order valence-corrected chi connectivity index (χ2v) is 14.4. The maximum absolute atomic E-state index is 13.6. The summed E-state index contributed by atoms with van der Waals surface area (Å²) in [6.07, 6.45) is 4.64. The monoisotopic (exact) mass is 537 g/mol. The summed E-state index contributed by atoms with van der Waals surface area (Å²) in [7, 11) is -3.88. The summed E-state index contributed by atoms with van der Waals surface area (Å²) in [4.78, 5) is 55.9. The van der Waals surface area contributed by atoms with Crippen LogP contribution in [0.5, 0.6) is 0 Å². The van der Waals surface area contributed by atoms with E-state index in [1.54, 1.807) is 11.8 Å². The van der Waals surface area contributed by atoms with Crippen LogP contribution in [0.25, 0.3) is 0 Å². The van der Waals surface area contributed by atoms with Crippen LogP contribution < -0.4 is 15.4 Å². The first kappa shape index (κ1) is 27.4. The van der Waals surface area contributed by atoms with Gasteiger partial charge in [0.1, 0.15) is 17.6 Å². The Hall–Kier alpha value is -2.63. The molecule has 2 saturated heterocycles. The fraction of sp³-hybridized carbons (Fsp3) is 0.760. The summed E-state index contributed by atoms with van der Waals surface area (Å²) in [6, 6.07) is -1.96. The first-order valence-corrected chi connectivity index (χ1v) is 14.5. The number of amides is 5. The second-order valence-electron chi connectivity index (χ2n) is 12.2. The second kappa shape index (κ2) is 9.28. The summed E-state index contributed by atoms with van der Waals surface area (Å²) >= 11 is 0. The molecule has 11 nitrogen and oxygen atoms in total. The molecule has 4 aliphatic rings. The number of likely N-dealkylation sites (tertiary alicyclic amines) is 2. The summed E-state index contributed by atoms with van der Waals surface area (Å²) in [6.45, 7) is 12.5. The van der Waals surface area contributed by atoms with Gasteiger partial charge < -0.3 is 20.4 Å². The lowest BCUT2D eigenvalue weighted by atomic mass is 9.85. The molecule has 4 atom stereocenters. The van der Waals surface area contributed by atoms with Crippen molar-refractivity contribution in [2.45, 2.75) is 88.6 Å². The fourth-order valence-corrected chi connectivity index (χ4v) is 6.28. The first-order chi connectivity index (χ1) is 17.1. The molecule has 2 aliphatic heterocycles. The molecule has 0 spiro atoms. The van der Waals surface area contributed by atoms with E-state index in [1.165, 1.54) is 11.0 Å². The Kier molecular flexibility index (Phi) is 6.88. The van der Waals surface area contributed by atoms with Crippen LogP contribution in [0.2, 0.25) is 0 Å². The number of nitrogens with zero attached hydrogens (tertiary/aromatic N) is 2. The molecule has 3 N–H and O–H groups in total. The SMILES string of the molecule is C=C[C@@H]1C[C@]1(NC(=O)[C@@H]1CCCN1C(=O)[C@@H](NC(=O)N1CCC1)C(C)(C)C)C(=O)NS(=O)(=O)C1(C)CC1. The molecular weight excluding hydrogens is 498 g/mol. The molecule has 0 radical (unpaired) electrons. The summed E-state index contributed by atoms with van der Waals surface area (Å²) in [5.74, 6) is -2.05. The zero-order chi connectivity index (χ0) is 27.4. The smallest absolute Gasteiger partial charge is 0.318 e. The van der Waals surface area contributed by atoms with Crippen LogP contribution in [-0.4, -0.2) is 84.0 Å². The van der Waals surface area contributed by atoms with Gasteiger partial charge in [-0.1, -0.05) is 26.8 Å². The van der Waals surface area contributed by atoms with E-state index in [9.17, 15) is 27.6 Å². The van der Waals surface area contributed by atoms with Crippen LogP contribution in [0.1, 0.15) is 66.2 Å². The molecule has 206 valence electrons. The van der Waals surface area contributed by atoms with Gasteiger partial charge in [0.05, 0.1) is 4.75 Å². The van der Waals surface area contributed by atoms with Crippen LogP contribution in [-0.2, 0) is 24.4 Å². The van der Waals surface area contributed by atoms with E-state index in [-0.39, 0.29) is 18.4 Å². The Labute approximate surface area is 218 Å². The van der Waals surface area contributed by atoms with Gasteiger partial charge in [0, 0.05) is 25.6 Å². The van der Waals surface area contributed by atoms with Gasteiger partial charge in [-0.3, -0.25) is 19.1 Å². The lowest BCUT2D eigenvalue weighted by molar-refractivity contribution is -0.142. The minimum atomic E-state index is -3.88. The third-order valence-corrected chi connectivity index (χ3v) is 10.4. The molecule has 2 aliphatic carbocycles. The quantitative estimate of drug-likeness (QED) is 0.392. The number of hydrogen-bond donors (Lipinski definition) is 3. The minimum absolute atomic E-state index is 0.234. The molecule has 12 heteroatoms. The summed E-state index contributed by atoms with van der Waals surface area (Å²) < 4.78 is 26.5. The van der Waals surface area contributed by atoms with Crippen LogP contribution in [0, 0.1) is 11.3 Å². The van der Waals surface area contributed by atoms with Crippen molar-refractivity contribution < 1.29 is 27.6 Å². The Morgan fingerprint density at radius 1 is 1.08 bits per heavy atom. The van der Waals surface area contributed by atoms with Gasteiger partial charge in [-0.05, 0) is 50.9 Å². The van der Waals surface area contributed by atoms with E-state index in [4.69, 9.17) is 0 Å². The standard InChI is InChI=1S/C25H39N5O6S/c1-6-16-15-25(16,21(33)28-37(35,36)24(5)10-11-24)27-19(31)17-9-7-14-30(17)20(32)18(23(2,3)4)26-22(34)29-12-8-13-29/h6,16-18H,1,7-15H2,2-5H3,(H,26,34)(H,27,31)(H,28,33)/t16-,17+,18-,25-/m1/s1. The summed E-state index contributed by atoms with van der Waals surface area (Å²) in [5.41, 5.74) is -2.01. The van der Waals surface area contributed by atoms with Gasteiger partial charge in [-0.25, -0.2) is 13.2 Å². The van der Waals surface area contributed by atoms with E-state index in [0.717, 1.165) is 6.42 Å². The number of rotatable bonds is 8. The molecule has 4 fully saturated rings. The van der Waals surface area contributed by atoms with E-state index < -0.39 is 55.5 Å². The van der Waals surface area contributed by atoms with Crippen LogP contribution in [0.3, 0.4) is 0 Å². The summed E-state index contributed by atoms with van der Waals surface area (Å²) in [5, 5.41) is 5.62. The van der Waals surface area contributed by atoms with Crippen molar-refractivity contribution in [2.75, 3.05) is 19.6 Å². The average molecular weight is 538 g/mol.